The third-order valence-electron chi connectivity index (χ3n) is 3.10. The number of amides is 1. The topological polar surface area (TPSA) is 32.3 Å². The monoisotopic (exact) mass is 254 g/mol. The Morgan fingerprint density at radius 1 is 1.18 bits per heavy atom. The second kappa shape index (κ2) is 6.03. The van der Waals surface area contributed by atoms with Crippen molar-refractivity contribution in [3.05, 3.63) is 34.9 Å². The van der Waals surface area contributed by atoms with Gasteiger partial charge in [-0.25, -0.2) is 0 Å². The highest BCUT2D eigenvalue weighted by molar-refractivity contribution is 5.97. The van der Waals surface area contributed by atoms with Gasteiger partial charge in [0.1, 0.15) is 0 Å². The van der Waals surface area contributed by atoms with Gasteiger partial charge in [-0.1, -0.05) is 18.2 Å². The third kappa shape index (κ3) is 2.99. The molecule has 1 aromatic carbocycles. The van der Waals surface area contributed by atoms with E-state index in [9.17, 15) is 4.79 Å². The van der Waals surface area contributed by atoms with Gasteiger partial charge >= 0.3 is 0 Å². The standard InChI is InChI=1S/C13H18N2O.ClH/c1-10-4-3-5-11(2)12(10)13(16)15-8-6-14-7-9-15;/h3-5,14H,6-9H2,1-2H3;1H. The maximum Gasteiger partial charge on any atom is 0.254 e. The number of rotatable bonds is 1. The van der Waals surface area contributed by atoms with Crippen LogP contribution in [0.3, 0.4) is 0 Å². The largest absolute Gasteiger partial charge is 0.336 e. The molecular weight excluding hydrogens is 236 g/mol. The predicted molar refractivity (Wildman–Crippen MR) is 71.9 cm³/mol. The van der Waals surface area contributed by atoms with Crippen molar-refractivity contribution in [1.82, 2.24) is 10.2 Å². The average molecular weight is 255 g/mol. The van der Waals surface area contributed by atoms with E-state index in [1.807, 2.05) is 36.9 Å². The van der Waals surface area contributed by atoms with Crippen LogP contribution < -0.4 is 5.32 Å². The summed E-state index contributed by atoms with van der Waals surface area (Å²) in [6.45, 7) is 7.43. The summed E-state index contributed by atoms with van der Waals surface area (Å²) in [5.41, 5.74) is 3.02. The van der Waals surface area contributed by atoms with E-state index in [1.165, 1.54) is 0 Å². The Bertz CT molecular complexity index is 380. The van der Waals surface area contributed by atoms with Crippen LogP contribution in [-0.4, -0.2) is 37.0 Å². The van der Waals surface area contributed by atoms with Crippen LogP contribution in [0.25, 0.3) is 0 Å². The van der Waals surface area contributed by atoms with Gasteiger partial charge in [0.2, 0.25) is 0 Å². The van der Waals surface area contributed by atoms with Crippen LogP contribution in [0, 0.1) is 13.8 Å². The van der Waals surface area contributed by atoms with Crippen molar-refractivity contribution in [1.29, 1.82) is 0 Å². The van der Waals surface area contributed by atoms with Gasteiger partial charge in [-0.05, 0) is 25.0 Å². The molecule has 2 rings (SSSR count). The van der Waals surface area contributed by atoms with E-state index < -0.39 is 0 Å². The van der Waals surface area contributed by atoms with Crippen LogP contribution in [0.2, 0.25) is 0 Å². The van der Waals surface area contributed by atoms with E-state index in [0.717, 1.165) is 42.9 Å². The minimum atomic E-state index is 0. The molecule has 1 saturated heterocycles. The second-order valence-corrected chi connectivity index (χ2v) is 4.31. The van der Waals surface area contributed by atoms with Gasteiger partial charge in [-0.15, -0.1) is 12.4 Å². The molecule has 0 spiro atoms. The Morgan fingerprint density at radius 2 is 1.71 bits per heavy atom. The van der Waals surface area contributed by atoms with Gasteiger partial charge in [0.25, 0.3) is 5.91 Å². The first kappa shape index (κ1) is 14.0. The molecule has 1 amide bonds. The molecule has 4 heteroatoms. The molecular formula is C13H19ClN2O. The summed E-state index contributed by atoms with van der Waals surface area (Å²) in [6.07, 6.45) is 0. The molecule has 1 aromatic rings. The van der Waals surface area contributed by atoms with Crippen molar-refractivity contribution in [2.24, 2.45) is 0 Å². The number of benzene rings is 1. The third-order valence-corrected chi connectivity index (χ3v) is 3.10. The van der Waals surface area contributed by atoms with Crippen LogP contribution in [0.5, 0.6) is 0 Å². The van der Waals surface area contributed by atoms with Gasteiger partial charge in [-0.2, -0.15) is 0 Å². The maximum atomic E-state index is 12.3. The fourth-order valence-corrected chi connectivity index (χ4v) is 2.18. The molecule has 0 aliphatic carbocycles. The quantitative estimate of drug-likeness (QED) is 0.829. The van der Waals surface area contributed by atoms with E-state index in [2.05, 4.69) is 5.32 Å². The van der Waals surface area contributed by atoms with Crippen molar-refractivity contribution in [2.75, 3.05) is 26.2 Å². The number of carbonyl (C=O) groups is 1. The summed E-state index contributed by atoms with van der Waals surface area (Å²) in [4.78, 5) is 14.3. The van der Waals surface area contributed by atoms with Crippen LogP contribution in [0.4, 0.5) is 0 Å². The van der Waals surface area contributed by atoms with Crippen LogP contribution >= 0.6 is 12.4 Å². The summed E-state index contributed by atoms with van der Waals surface area (Å²) in [5, 5.41) is 3.26. The Hall–Kier alpha value is -1.06. The van der Waals surface area contributed by atoms with Crippen LogP contribution in [0.15, 0.2) is 18.2 Å². The number of nitrogens with zero attached hydrogens (tertiary/aromatic N) is 1. The molecule has 17 heavy (non-hydrogen) atoms. The second-order valence-electron chi connectivity index (χ2n) is 4.31. The Labute approximate surface area is 109 Å². The summed E-state index contributed by atoms with van der Waals surface area (Å²) in [7, 11) is 0. The number of hydrogen-bond acceptors (Lipinski definition) is 2. The molecule has 1 aliphatic rings. The van der Waals surface area contributed by atoms with E-state index in [-0.39, 0.29) is 18.3 Å². The predicted octanol–water partition coefficient (Wildman–Crippen LogP) is 1.77. The van der Waals surface area contributed by atoms with Gasteiger partial charge in [0.15, 0.2) is 0 Å². The van der Waals surface area contributed by atoms with E-state index >= 15 is 0 Å². The minimum absolute atomic E-state index is 0. The summed E-state index contributed by atoms with van der Waals surface area (Å²) in [6, 6.07) is 6.00. The Morgan fingerprint density at radius 3 is 2.24 bits per heavy atom. The summed E-state index contributed by atoms with van der Waals surface area (Å²) < 4.78 is 0. The zero-order valence-corrected chi connectivity index (χ0v) is 11.1. The van der Waals surface area contributed by atoms with E-state index in [4.69, 9.17) is 0 Å². The van der Waals surface area contributed by atoms with Gasteiger partial charge in [0, 0.05) is 31.7 Å². The Balaban J connectivity index is 0.00000144. The van der Waals surface area contributed by atoms with E-state index in [1.54, 1.807) is 0 Å². The number of piperazine rings is 1. The molecule has 0 saturated carbocycles. The molecule has 3 nitrogen and oxygen atoms in total. The molecule has 0 atom stereocenters. The highest BCUT2D eigenvalue weighted by Crippen LogP contribution is 2.16. The molecule has 94 valence electrons. The Kier molecular flexibility index (Phi) is 4.97. The highest BCUT2D eigenvalue weighted by Gasteiger charge is 2.20. The van der Waals surface area contributed by atoms with Crippen molar-refractivity contribution in [3.8, 4) is 0 Å². The zero-order chi connectivity index (χ0) is 11.5. The number of nitrogens with one attached hydrogen (secondary N) is 1. The number of aryl methyl sites for hydroxylation is 2. The molecule has 1 N–H and O–H groups in total. The summed E-state index contributed by atoms with van der Waals surface area (Å²) in [5.74, 6) is 0.178. The highest BCUT2D eigenvalue weighted by atomic mass is 35.5. The van der Waals surface area contributed by atoms with Gasteiger partial charge in [0.05, 0.1) is 0 Å². The molecule has 0 unspecified atom stereocenters. The molecule has 0 radical (unpaired) electrons. The first-order chi connectivity index (χ1) is 7.70. The molecule has 1 heterocycles. The van der Waals surface area contributed by atoms with Gasteiger partial charge < -0.3 is 10.2 Å². The lowest BCUT2D eigenvalue weighted by Crippen LogP contribution is -2.46. The van der Waals surface area contributed by atoms with Crippen molar-refractivity contribution < 1.29 is 4.79 Å². The van der Waals surface area contributed by atoms with Crippen LogP contribution in [0.1, 0.15) is 21.5 Å². The SMILES string of the molecule is Cc1cccc(C)c1C(=O)N1CCNCC1.Cl. The molecule has 1 fully saturated rings. The maximum absolute atomic E-state index is 12.3. The van der Waals surface area contributed by atoms with Crippen LogP contribution in [-0.2, 0) is 0 Å². The van der Waals surface area contributed by atoms with Crippen molar-refractivity contribution in [3.63, 3.8) is 0 Å². The number of carbonyl (C=O) groups excluding carboxylic acids is 1. The number of halogens is 1. The normalized spacial score (nSPS) is 15.3. The first-order valence-corrected chi connectivity index (χ1v) is 5.76. The molecule has 0 aromatic heterocycles. The summed E-state index contributed by atoms with van der Waals surface area (Å²) >= 11 is 0. The average Bonchev–Trinajstić information content (AvgIpc) is 2.30. The smallest absolute Gasteiger partial charge is 0.254 e. The lowest BCUT2D eigenvalue weighted by atomic mass is 10.0. The molecule has 1 aliphatic heterocycles. The zero-order valence-electron chi connectivity index (χ0n) is 10.3. The molecule has 0 bridgehead atoms. The minimum Gasteiger partial charge on any atom is -0.336 e. The first-order valence-electron chi connectivity index (χ1n) is 5.76. The lowest BCUT2D eigenvalue weighted by molar-refractivity contribution is 0.0734. The fourth-order valence-electron chi connectivity index (χ4n) is 2.18. The van der Waals surface area contributed by atoms with Gasteiger partial charge in [-0.3, -0.25) is 4.79 Å². The van der Waals surface area contributed by atoms with Crippen molar-refractivity contribution in [2.45, 2.75) is 13.8 Å². The van der Waals surface area contributed by atoms with Crippen molar-refractivity contribution >= 4 is 18.3 Å². The van der Waals surface area contributed by atoms with E-state index in [0.29, 0.717) is 0 Å². The number of hydrogen-bond donors (Lipinski definition) is 1. The fraction of sp³-hybridized carbons (Fsp3) is 0.462. The lowest BCUT2D eigenvalue weighted by Gasteiger charge is -2.28.